The third-order valence-corrected chi connectivity index (χ3v) is 3.42. The van der Waals surface area contributed by atoms with Gasteiger partial charge in [0.15, 0.2) is 6.61 Å². The van der Waals surface area contributed by atoms with Crippen molar-refractivity contribution < 1.29 is 29.3 Å². The van der Waals surface area contributed by atoms with Gasteiger partial charge in [0.25, 0.3) is 5.91 Å². The summed E-state index contributed by atoms with van der Waals surface area (Å²) in [4.78, 5) is 35.3. The Bertz CT molecular complexity index is 863. The molecule has 0 saturated heterocycles. The second-order valence-electron chi connectivity index (χ2n) is 5.60. The highest BCUT2D eigenvalue weighted by Crippen LogP contribution is 2.23. The minimum Gasteiger partial charge on any atom is -0.508 e. The summed E-state index contributed by atoms with van der Waals surface area (Å²) in [5, 5.41) is 23.3. The minimum atomic E-state index is -0.965. The number of hydrogen-bond acceptors (Lipinski definition) is 6. The van der Waals surface area contributed by atoms with Crippen molar-refractivity contribution in [1.82, 2.24) is 5.32 Å². The molecule has 4 N–H and O–H groups in total. The van der Waals surface area contributed by atoms with Crippen molar-refractivity contribution in [2.24, 2.45) is 0 Å². The number of hydrogen-bond donors (Lipinski definition) is 4. The lowest BCUT2D eigenvalue weighted by molar-refractivity contribution is -0.123. The number of amides is 3. The summed E-state index contributed by atoms with van der Waals surface area (Å²) >= 11 is 0. The van der Waals surface area contributed by atoms with Gasteiger partial charge < -0.3 is 20.3 Å². The predicted molar refractivity (Wildman–Crippen MR) is 93.1 cm³/mol. The smallest absolute Gasteiger partial charge is 0.342 e. The van der Waals surface area contributed by atoms with Gasteiger partial charge in [-0.15, -0.1) is 0 Å². The number of carbonyl (C=O) groups excluding carboxylic acids is 3. The molecule has 0 bridgehead atoms. The van der Waals surface area contributed by atoms with Gasteiger partial charge in [-0.1, -0.05) is 17.7 Å². The van der Waals surface area contributed by atoms with Crippen LogP contribution >= 0.6 is 0 Å². The van der Waals surface area contributed by atoms with Gasteiger partial charge in [-0.05, 0) is 37.6 Å². The maximum absolute atomic E-state index is 11.8. The van der Waals surface area contributed by atoms with Crippen LogP contribution in [0.2, 0.25) is 0 Å². The van der Waals surface area contributed by atoms with Crippen LogP contribution < -0.4 is 10.6 Å². The Kier molecular flexibility index (Phi) is 5.79. The van der Waals surface area contributed by atoms with Crippen LogP contribution in [-0.4, -0.2) is 34.7 Å². The van der Waals surface area contributed by atoms with Crippen LogP contribution in [-0.2, 0) is 9.53 Å². The standard InChI is InChI=1S/C18H18N2O6/c1-10-3-6-14(11(2)7-10)19-18(25)20-16(23)9-26-17(24)13-5-4-12(21)8-15(13)22/h3-8,21-22H,9H2,1-2H3,(H2,19,20,23,25). The van der Waals surface area contributed by atoms with E-state index in [1.165, 1.54) is 6.07 Å². The molecule has 0 aliphatic rings. The normalized spacial score (nSPS) is 10.1. The van der Waals surface area contributed by atoms with E-state index in [-0.39, 0.29) is 11.3 Å². The van der Waals surface area contributed by atoms with Gasteiger partial charge in [-0.3, -0.25) is 10.1 Å². The zero-order valence-corrected chi connectivity index (χ0v) is 14.2. The topological polar surface area (TPSA) is 125 Å². The number of imide groups is 1. The fourth-order valence-corrected chi connectivity index (χ4v) is 2.17. The number of anilines is 1. The lowest BCUT2D eigenvalue weighted by Crippen LogP contribution is -2.37. The van der Waals surface area contributed by atoms with Crippen molar-refractivity contribution in [1.29, 1.82) is 0 Å². The van der Waals surface area contributed by atoms with Crippen LogP contribution in [0.1, 0.15) is 21.5 Å². The second kappa shape index (κ2) is 8.02. The molecule has 2 aromatic rings. The maximum atomic E-state index is 11.8. The molecule has 136 valence electrons. The van der Waals surface area contributed by atoms with Crippen molar-refractivity contribution in [3.05, 3.63) is 53.1 Å². The van der Waals surface area contributed by atoms with Crippen LogP contribution in [0.3, 0.4) is 0 Å². The summed E-state index contributed by atoms with van der Waals surface area (Å²) in [5.74, 6) is -2.51. The van der Waals surface area contributed by atoms with Gasteiger partial charge in [-0.25, -0.2) is 9.59 Å². The highest BCUT2D eigenvalue weighted by Gasteiger charge is 2.16. The number of phenolic OH excluding ortho intramolecular Hbond substituents is 2. The van der Waals surface area contributed by atoms with Crippen LogP contribution in [0.4, 0.5) is 10.5 Å². The number of nitrogens with one attached hydrogen (secondary N) is 2. The number of urea groups is 1. The van der Waals surface area contributed by atoms with E-state index in [0.29, 0.717) is 5.69 Å². The molecule has 2 rings (SSSR count). The van der Waals surface area contributed by atoms with Gasteiger partial charge in [0.2, 0.25) is 0 Å². The number of phenols is 2. The minimum absolute atomic E-state index is 0.213. The Morgan fingerprint density at radius 2 is 1.77 bits per heavy atom. The van der Waals surface area contributed by atoms with Crippen LogP contribution in [0, 0.1) is 13.8 Å². The lowest BCUT2D eigenvalue weighted by atomic mass is 10.1. The maximum Gasteiger partial charge on any atom is 0.342 e. The average molecular weight is 358 g/mol. The molecule has 0 unspecified atom stereocenters. The molecular weight excluding hydrogens is 340 g/mol. The van der Waals surface area contributed by atoms with E-state index in [2.05, 4.69) is 5.32 Å². The molecule has 0 aromatic heterocycles. The number of aromatic hydroxyl groups is 2. The van der Waals surface area contributed by atoms with Crippen LogP contribution in [0.15, 0.2) is 36.4 Å². The van der Waals surface area contributed by atoms with Crippen molar-refractivity contribution in [2.45, 2.75) is 13.8 Å². The summed E-state index contributed by atoms with van der Waals surface area (Å²) in [7, 11) is 0. The van der Waals surface area contributed by atoms with E-state index >= 15 is 0 Å². The fourth-order valence-electron chi connectivity index (χ4n) is 2.17. The Labute approximate surface area is 149 Å². The summed E-state index contributed by atoms with van der Waals surface area (Å²) in [5.41, 5.74) is 2.21. The third-order valence-electron chi connectivity index (χ3n) is 3.42. The predicted octanol–water partition coefficient (Wildman–Crippen LogP) is 2.22. The number of benzene rings is 2. The van der Waals surface area contributed by atoms with E-state index < -0.39 is 30.3 Å². The van der Waals surface area contributed by atoms with Gasteiger partial charge in [0.05, 0.1) is 0 Å². The first-order chi connectivity index (χ1) is 12.3. The zero-order valence-electron chi connectivity index (χ0n) is 14.2. The molecule has 0 aliphatic heterocycles. The molecule has 0 radical (unpaired) electrons. The zero-order chi connectivity index (χ0) is 19.3. The second-order valence-corrected chi connectivity index (χ2v) is 5.60. The monoisotopic (exact) mass is 358 g/mol. The van der Waals surface area contributed by atoms with Gasteiger partial charge in [0.1, 0.15) is 17.1 Å². The van der Waals surface area contributed by atoms with Crippen molar-refractivity contribution >= 4 is 23.6 Å². The van der Waals surface area contributed by atoms with Gasteiger partial charge in [0, 0.05) is 11.8 Å². The van der Waals surface area contributed by atoms with Crippen molar-refractivity contribution in [3.8, 4) is 11.5 Å². The molecule has 0 heterocycles. The number of esters is 1. The molecule has 0 fully saturated rings. The van der Waals surface area contributed by atoms with Gasteiger partial charge >= 0.3 is 12.0 Å². The highest BCUT2D eigenvalue weighted by molar-refractivity contribution is 6.02. The summed E-state index contributed by atoms with van der Waals surface area (Å²) < 4.78 is 4.73. The molecular formula is C18H18N2O6. The van der Waals surface area contributed by atoms with E-state index in [1.807, 2.05) is 31.3 Å². The SMILES string of the molecule is Cc1ccc(NC(=O)NC(=O)COC(=O)c2ccc(O)cc2O)c(C)c1. The summed E-state index contributed by atoms with van der Waals surface area (Å²) in [6.07, 6.45) is 0. The first-order valence-electron chi connectivity index (χ1n) is 7.63. The lowest BCUT2D eigenvalue weighted by Gasteiger charge is -2.10. The van der Waals surface area contributed by atoms with E-state index in [4.69, 9.17) is 4.74 Å². The Balaban J connectivity index is 1.86. The quantitative estimate of drug-likeness (QED) is 0.621. The van der Waals surface area contributed by atoms with Crippen molar-refractivity contribution in [3.63, 3.8) is 0 Å². The molecule has 0 saturated carbocycles. The van der Waals surface area contributed by atoms with Crippen LogP contribution in [0.5, 0.6) is 11.5 Å². The number of rotatable bonds is 4. The molecule has 0 atom stereocenters. The molecule has 26 heavy (non-hydrogen) atoms. The molecule has 2 aromatic carbocycles. The Hall–Kier alpha value is -3.55. The summed E-state index contributed by atoms with van der Waals surface area (Å²) in [6.45, 7) is 3.02. The Morgan fingerprint density at radius 3 is 2.42 bits per heavy atom. The first-order valence-corrected chi connectivity index (χ1v) is 7.63. The molecule has 8 nitrogen and oxygen atoms in total. The van der Waals surface area contributed by atoms with E-state index in [0.717, 1.165) is 23.3 Å². The summed E-state index contributed by atoms with van der Waals surface area (Å²) in [6, 6.07) is 7.95. The molecule has 3 amide bonds. The number of carbonyl (C=O) groups is 3. The molecule has 8 heteroatoms. The first kappa shape index (κ1) is 18.8. The largest absolute Gasteiger partial charge is 0.508 e. The molecule has 0 spiro atoms. The third kappa shape index (κ3) is 4.97. The number of aryl methyl sites for hydroxylation is 2. The fraction of sp³-hybridized carbons (Fsp3) is 0.167. The van der Waals surface area contributed by atoms with E-state index in [1.54, 1.807) is 6.07 Å². The average Bonchev–Trinajstić information content (AvgIpc) is 2.55. The highest BCUT2D eigenvalue weighted by atomic mass is 16.5. The van der Waals surface area contributed by atoms with Crippen molar-refractivity contribution in [2.75, 3.05) is 11.9 Å². The van der Waals surface area contributed by atoms with Crippen LogP contribution in [0.25, 0.3) is 0 Å². The van der Waals surface area contributed by atoms with E-state index in [9.17, 15) is 24.6 Å². The Morgan fingerprint density at radius 1 is 1.04 bits per heavy atom. The van der Waals surface area contributed by atoms with Gasteiger partial charge in [-0.2, -0.15) is 0 Å². The molecule has 0 aliphatic carbocycles. The number of ether oxygens (including phenoxy) is 1.